The number of nitrogens with zero attached hydrogens (tertiary/aromatic N) is 4. The molecule has 4 nitrogen and oxygen atoms in total. The molecule has 8 aliphatic carbocycles. The number of aromatic nitrogens is 4. The molecule has 7 heteroatoms. The Morgan fingerprint density at radius 2 is 1.00 bits per heavy atom. The molecule has 0 amide bonds. The van der Waals surface area contributed by atoms with E-state index in [1.807, 2.05) is 67.3 Å². The summed E-state index contributed by atoms with van der Waals surface area (Å²) in [6.07, 6.45) is 24.0. The van der Waals surface area contributed by atoms with Gasteiger partial charge in [0.25, 0.3) is 0 Å². The van der Waals surface area contributed by atoms with Crippen LogP contribution < -0.4 is 0 Å². The molecular weight excluding hydrogens is 726 g/mol. The van der Waals surface area contributed by atoms with Crippen molar-refractivity contribution in [1.29, 1.82) is 0 Å². The van der Waals surface area contributed by atoms with Gasteiger partial charge in [-0.3, -0.25) is 0 Å². The van der Waals surface area contributed by atoms with Gasteiger partial charge in [0.2, 0.25) is 0 Å². The van der Waals surface area contributed by atoms with Gasteiger partial charge in [0.1, 0.15) is 11.6 Å². The van der Waals surface area contributed by atoms with E-state index in [0.29, 0.717) is 0 Å². The molecule has 1 unspecified atom stereocenters. The summed E-state index contributed by atoms with van der Waals surface area (Å²) in [4.78, 5) is 19.6. The molecule has 1 atom stereocenters. The summed E-state index contributed by atoms with van der Waals surface area (Å²) in [5.74, 6) is 9.49. The van der Waals surface area contributed by atoms with Gasteiger partial charge in [0, 0.05) is 41.9 Å². The predicted octanol–water partition coefficient (Wildman–Crippen LogP) is 10.9. The van der Waals surface area contributed by atoms with E-state index in [1.165, 1.54) is 92.6 Å². The van der Waals surface area contributed by atoms with Crippen molar-refractivity contribution in [2.45, 2.75) is 86.8 Å². The molecule has 280 valence electrons. The van der Waals surface area contributed by atoms with Crippen molar-refractivity contribution >= 4 is 17.2 Å². The summed E-state index contributed by atoms with van der Waals surface area (Å²) < 4.78 is 0. The Labute approximate surface area is 330 Å². The van der Waals surface area contributed by atoms with Crippen LogP contribution in [0.25, 0.3) is 11.1 Å². The molecule has 0 aliphatic heterocycles. The number of hydrogen-bond acceptors (Lipinski definition) is 4. The minimum atomic E-state index is -0.722. The van der Waals surface area contributed by atoms with Gasteiger partial charge in [-0.25, -0.2) is 26.0 Å². The van der Waals surface area contributed by atoms with Crippen molar-refractivity contribution in [2.24, 2.45) is 47.3 Å². The van der Waals surface area contributed by atoms with E-state index in [4.69, 9.17) is 19.9 Å². The molecule has 3 aromatic carbocycles. The van der Waals surface area contributed by atoms with E-state index >= 15 is 0 Å². The van der Waals surface area contributed by atoms with Crippen molar-refractivity contribution in [3.05, 3.63) is 132 Å². The maximum atomic E-state index is 4.90. The molecule has 13 rings (SSSR count). The first-order chi connectivity index (χ1) is 25.6. The zero-order valence-electron chi connectivity index (χ0n) is 30.6. The molecule has 0 N–H and O–H groups in total. The third-order valence-electron chi connectivity index (χ3n) is 14.4. The van der Waals surface area contributed by atoms with Gasteiger partial charge < -0.3 is 30.3 Å². The minimum Gasteiger partial charge on any atom is -0.748 e. The van der Waals surface area contributed by atoms with E-state index in [-0.39, 0.29) is 25.0 Å². The fraction of sp³-hybridized carbons (Fsp3) is 0.478. The van der Waals surface area contributed by atoms with E-state index in [1.54, 1.807) is 0 Å². The summed E-state index contributed by atoms with van der Waals surface area (Å²) in [6.45, 7) is 0. The largest absolute Gasteiger partial charge is 0.748 e. The first-order valence-electron chi connectivity index (χ1n) is 20.2. The van der Waals surface area contributed by atoms with Crippen LogP contribution in [-0.4, -0.2) is 31.3 Å². The van der Waals surface area contributed by atoms with Gasteiger partial charge in [-0.15, -0.1) is 14.8 Å². The standard InChI is InChI=1S/C41H47N4P2.C5H5.Fe/c46-41(39-42-8-4-9-43-39,40-44-10-5-11-45-40)36-23-30(29-6-2-1-3-7-29)22-35(36)24-47(37-31-14-25-12-26(16-31)17-32(37)15-25)38-33-18-27-13-28(20-33)21-34(38)19-27;1-2-4-5-3-1;/h1-11,22-23,25-28,31-34,37-38H,12-21,24,46H2;1-5H;/q-1;-5;. The van der Waals surface area contributed by atoms with Crippen LogP contribution in [0.3, 0.4) is 0 Å². The maximum Gasteiger partial charge on any atom is 0.138 e. The Hall–Kier alpha value is -2.54. The first-order valence-corrected chi connectivity index (χ1v) is 22.5. The molecule has 8 bridgehead atoms. The molecule has 8 fully saturated rings. The van der Waals surface area contributed by atoms with Gasteiger partial charge in [0.15, 0.2) is 0 Å². The summed E-state index contributed by atoms with van der Waals surface area (Å²) in [5.41, 5.74) is 7.28. The van der Waals surface area contributed by atoms with Gasteiger partial charge in [-0.1, -0.05) is 43.8 Å². The predicted molar refractivity (Wildman–Crippen MR) is 215 cm³/mol. The second-order valence-electron chi connectivity index (χ2n) is 17.5. The van der Waals surface area contributed by atoms with Gasteiger partial charge in [-0.2, -0.15) is 17.2 Å². The second kappa shape index (κ2) is 15.2. The Bertz CT molecular complexity index is 1780. The van der Waals surface area contributed by atoms with Crippen LogP contribution in [0.15, 0.2) is 110 Å². The number of rotatable bonds is 8. The van der Waals surface area contributed by atoms with Crippen LogP contribution in [-0.2, 0) is 28.4 Å². The van der Waals surface area contributed by atoms with Crippen LogP contribution in [0.2, 0.25) is 0 Å². The summed E-state index contributed by atoms with van der Waals surface area (Å²) >= 11 is 0. The smallest absolute Gasteiger partial charge is 0.138 e. The van der Waals surface area contributed by atoms with Crippen molar-refractivity contribution in [1.82, 2.24) is 19.9 Å². The van der Waals surface area contributed by atoms with Crippen LogP contribution in [0.1, 0.15) is 87.0 Å². The molecule has 5 aromatic rings. The monoisotopic (exact) mass is 778 g/mol. The maximum absolute atomic E-state index is 4.90. The number of benzene rings is 1. The van der Waals surface area contributed by atoms with Crippen LogP contribution in [0.4, 0.5) is 0 Å². The second-order valence-corrected chi connectivity index (χ2v) is 20.9. The topological polar surface area (TPSA) is 51.6 Å². The van der Waals surface area contributed by atoms with Crippen molar-refractivity contribution in [3.8, 4) is 11.1 Å². The fourth-order valence-electron chi connectivity index (χ4n) is 13.0. The normalized spacial score (nSPS) is 32.5. The van der Waals surface area contributed by atoms with E-state index in [9.17, 15) is 0 Å². The Morgan fingerprint density at radius 3 is 1.42 bits per heavy atom. The van der Waals surface area contributed by atoms with E-state index in [0.717, 1.165) is 70.3 Å². The third kappa shape index (κ3) is 6.75. The van der Waals surface area contributed by atoms with Crippen molar-refractivity contribution in [3.63, 3.8) is 0 Å². The van der Waals surface area contributed by atoms with Crippen molar-refractivity contribution in [2.75, 3.05) is 0 Å². The van der Waals surface area contributed by atoms with Gasteiger partial charge >= 0.3 is 0 Å². The molecule has 0 spiro atoms. The molecule has 0 saturated heterocycles. The Kier molecular flexibility index (Phi) is 10.3. The Morgan fingerprint density at radius 1 is 0.585 bits per heavy atom. The van der Waals surface area contributed by atoms with Crippen LogP contribution >= 0.6 is 17.2 Å². The van der Waals surface area contributed by atoms with E-state index < -0.39 is 5.16 Å². The SMILES string of the molecule is PC(c1ncccn1)(c1ncccn1)[c-]1cc(-c2ccccc2)cc1CP(C1C2CC3CC(C2)CC1C3)C1C2CC3CC(C2)CC1C3.[Fe].[cH-]1[cH-][cH-][cH-][cH-]1. The zero-order valence-corrected chi connectivity index (χ0v) is 33.8. The first kappa shape index (κ1) is 36.1. The minimum absolute atomic E-state index is 0. The van der Waals surface area contributed by atoms with Crippen LogP contribution in [0.5, 0.6) is 0 Å². The van der Waals surface area contributed by atoms with Crippen LogP contribution in [0, 0.1) is 47.3 Å². The zero-order chi connectivity index (χ0) is 34.6. The summed E-state index contributed by atoms with van der Waals surface area (Å²) in [6, 6.07) is 29.9. The quantitative estimate of drug-likeness (QED) is 0.0894. The van der Waals surface area contributed by atoms with Crippen molar-refractivity contribution < 1.29 is 17.1 Å². The molecule has 53 heavy (non-hydrogen) atoms. The van der Waals surface area contributed by atoms with Gasteiger partial charge in [-0.05, 0) is 141 Å². The average molecular weight is 779 g/mol. The molecule has 8 aliphatic rings. The molecule has 8 saturated carbocycles. The fourth-order valence-corrected chi connectivity index (χ4v) is 18.2. The number of hydrogen-bond donors (Lipinski definition) is 0. The van der Waals surface area contributed by atoms with Gasteiger partial charge in [0.05, 0.1) is 5.16 Å². The summed E-state index contributed by atoms with van der Waals surface area (Å²) in [5, 5.41) is -0.722. The molecule has 2 heterocycles. The molecular formula is C46H52FeN4P2-6. The molecule has 0 radical (unpaired) electrons. The van der Waals surface area contributed by atoms with E-state index in [2.05, 4.69) is 51.7 Å². The average Bonchev–Trinajstić information content (AvgIpc) is 3.90. The Balaban J connectivity index is 0.000000576. The summed E-state index contributed by atoms with van der Waals surface area (Å²) in [7, 11) is 3.00. The third-order valence-corrected chi connectivity index (χ3v) is 19.1. The molecule has 2 aromatic heterocycles.